The molecule has 0 radical (unpaired) electrons. The van der Waals surface area contributed by atoms with E-state index in [2.05, 4.69) is 54.6 Å². The number of rotatable bonds is 1. The van der Waals surface area contributed by atoms with Gasteiger partial charge < -0.3 is 0 Å². The second kappa shape index (κ2) is 4.11. The maximum absolute atomic E-state index is 9.11. The third-order valence-electron chi connectivity index (χ3n) is 2.40. The molecule has 1 aromatic carbocycles. The molecule has 0 aliphatic heterocycles. The van der Waals surface area contributed by atoms with Crippen molar-refractivity contribution in [2.24, 2.45) is 0 Å². The van der Waals surface area contributed by atoms with E-state index in [4.69, 9.17) is 5.26 Å². The monoisotopic (exact) mass is 327 g/mol. The van der Waals surface area contributed by atoms with Gasteiger partial charge in [0.15, 0.2) is 0 Å². The van der Waals surface area contributed by atoms with Crippen molar-refractivity contribution in [3.63, 3.8) is 0 Å². The summed E-state index contributed by atoms with van der Waals surface area (Å²) in [4.78, 5) is 0. The van der Waals surface area contributed by atoms with Crippen LogP contribution in [-0.4, -0.2) is 0 Å². The number of thiophene rings is 1. The van der Waals surface area contributed by atoms with Gasteiger partial charge >= 0.3 is 0 Å². The molecule has 2 aromatic rings. The minimum atomic E-state index is 0.471. The fourth-order valence-electron chi connectivity index (χ4n) is 1.56. The summed E-state index contributed by atoms with van der Waals surface area (Å²) in [7, 11) is 0. The van der Waals surface area contributed by atoms with E-state index in [1.165, 1.54) is 13.8 Å². The first-order valence-corrected chi connectivity index (χ1v) is 6.64. The number of benzene rings is 1. The molecule has 0 unspecified atom stereocenters. The van der Waals surface area contributed by atoms with Crippen molar-refractivity contribution in [1.29, 1.82) is 5.26 Å². The fraction of sp³-hybridized carbons (Fsp3) is 0.250. The average molecular weight is 327 g/mol. The molecular formula is C12H10INS. The van der Waals surface area contributed by atoms with Gasteiger partial charge in [-0.15, -0.1) is 11.3 Å². The molecule has 0 aliphatic carbocycles. The van der Waals surface area contributed by atoms with Crippen LogP contribution in [0.25, 0.3) is 10.1 Å². The molecule has 2 rings (SSSR count). The highest BCUT2D eigenvalue weighted by atomic mass is 127. The zero-order valence-electron chi connectivity index (χ0n) is 8.54. The molecule has 0 atom stereocenters. The van der Waals surface area contributed by atoms with Crippen molar-refractivity contribution in [3.05, 3.63) is 32.2 Å². The minimum absolute atomic E-state index is 0.471. The van der Waals surface area contributed by atoms with Gasteiger partial charge in [0.25, 0.3) is 0 Å². The molecule has 3 heteroatoms. The number of hydrogen-bond acceptors (Lipinski definition) is 2. The van der Waals surface area contributed by atoms with Crippen LogP contribution in [0.2, 0.25) is 0 Å². The van der Waals surface area contributed by atoms with E-state index in [0.29, 0.717) is 5.92 Å². The van der Waals surface area contributed by atoms with Crippen LogP contribution in [0, 0.1) is 14.2 Å². The average Bonchev–Trinajstić information content (AvgIpc) is 2.56. The van der Waals surface area contributed by atoms with Crippen LogP contribution < -0.4 is 0 Å². The van der Waals surface area contributed by atoms with Crippen molar-refractivity contribution in [2.45, 2.75) is 19.8 Å². The highest BCUT2D eigenvalue weighted by Gasteiger charge is 2.09. The third-order valence-corrected chi connectivity index (χ3v) is 4.34. The van der Waals surface area contributed by atoms with Gasteiger partial charge in [-0.3, -0.25) is 0 Å². The predicted octanol–water partition coefficient (Wildman–Crippen LogP) is 4.50. The predicted molar refractivity (Wildman–Crippen MR) is 73.3 cm³/mol. The van der Waals surface area contributed by atoms with Crippen molar-refractivity contribution in [3.8, 4) is 6.07 Å². The standard InChI is InChI=1S/C12H10INS/c1-7(2)8-3-9-5-11(13)15-12(9)10(4-8)6-14/h3-5,7H,1-2H3. The van der Waals surface area contributed by atoms with Crippen LogP contribution in [0.5, 0.6) is 0 Å². The molecule has 0 amide bonds. The Labute approximate surface area is 107 Å². The molecule has 0 aliphatic rings. The van der Waals surface area contributed by atoms with Gasteiger partial charge in [0.05, 0.1) is 13.1 Å². The van der Waals surface area contributed by atoms with Crippen LogP contribution in [-0.2, 0) is 0 Å². The van der Waals surface area contributed by atoms with Gasteiger partial charge in [-0.25, -0.2) is 0 Å². The van der Waals surface area contributed by atoms with E-state index in [1.807, 2.05) is 6.07 Å². The Morgan fingerprint density at radius 3 is 2.67 bits per heavy atom. The Morgan fingerprint density at radius 2 is 2.07 bits per heavy atom. The van der Waals surface area contributed by atoms with E-state index < -0.39 is 0 Å². The SMILES string of the molecule is CC(C)c1cc(C#N)c2sc(I)cc2c1. The molecule has 0 fully saturated rings. The van der Waals surface area contributed by atoms with E-state index in [0.717, 1.165) is 10.3 Å². The third kappa shape index (κ3) is 2.01. The summed E-state index contributed by atoms with van der Waals surface area (Å²) in [6, 6.07) is 8.64. The first-order chi connectivity index (χ1) is 7.11. The summed E-state index contributed by atoms with van der Waals surface area (Å²) in [5, 5.41) is 10.3. The number of nitrogens with zero attached hydrogens (tertiary/aromatic N) is 1. The van der Waals surface area contributed by atoms with Gasteiger partial charge in [-0.1, -0.05) is 13.8 Å². The number of fused-ring (bicyclic) bond motifs is 1. The maximum atomic E-state index is 9.11. The van der Waals surface area contributed by atoms with E-state index in [1.54, 1.807) is 11.3 Å². The number of nitriles is 1. The summed E-state index contributed by atoms with van der Waals surface area (Å²) in [6.45, 7) is 4.30. The highest BCUT2D eigenvalue weighted by molar-refractivity contribution is 14.1. The normalized spacial score (nSPS) is 10.9. The van der Waals surface area contributed by atoms with Crippen molar-refractivity contribution in [1.82, 2.24) is 0 Å². The molecule has 0 bridgehead atoms. The van der Waals surface area contributed by atoms with Crippen molar-refractivity contribution >= 4 is 44.0 Å². The molecule has 1 heterocycles. The summed E-state index contributed by atoms with van der Waals surface area (Å²) in [6.07, 6.45) is 0. The van der Waals surface area contributed by atoms with Crippen molar-refractivity contribution in [2.75, 3.05) is 0 Å². The zero-order valence-corrected chi connectivity index (χ0v) is 11.5. The quantitative estimate of drug-likeness (QED) is 0.708. The van der Waals surface area contributed by atoms with Gasteiger partial charge in [-0.2, -0.15) is 5.26 Å². The Morgan fingerprint density at radius 1 is 1.33 bits per heavy atom. The Kier molecular flexibility index (Phi) is 2.98. The molecule has 0 N–H and O–H groups in total. The zero-order chi connectivity index (χ0) is 11.0. The first kappa shape index (κ1) is 10.9. The minimum Gasteiger partial charge on any atom is -0.192 e. The molecule has 0 spiro atoms. The largest absolute Gasteiger partial charge is 0.192 e. The second-order valence-electron chi connectivity index (χ2n) is 3.80. The topological polar surface area (TPSA) is 23.8 Å². The molecule has 76 valence electrons. The Balaban J connectivity index is 2.77. The van der Waals surface area contributed by atoms with Crippen LogP contribution in [0.15, 0.2) is 18.2 Å². The van der Waals surface area contributed by atoms with Gasteiger partial charge in [-0.05, 0) is 57.7 Å². The summed E-state index contributed by atoms with van der Waals surface area (Å²) in [5.74, 6) is 0.471. The lowest BCUT2D eigenvalue weighted by molar-refractivity contribution is 0.868. The second-order valence-corrected chi connectivity index (χ2v) is 6.75. The van der Waals surface area contributed by atoms with E-state index in [-0.39, 0.29) is 0 Å². The number of hydrogen-bond donors (Lipinski definition) is 0. The van der Waals surface area contributed by atoms with Crippen LogP contribution in [0.4, 0.5) is 0 Å². The van der Waals surface area contributed by atoms with Crippen LogP contribution in [0.3, 0.4) is 0 Å². The summed E-state index contributed by atoms with van der Waals surface area (Å²) < 4.78 is 2.35. The lowest BCUT2D eigenvalue weighted by Crippen LogP contribution is -1.88. The Hall–Kier alpha value is -0.600. The highest BCUT2D eigenvalue weighted by Crippen LogP contribution is 2.32. The molecule has 0 saturated heterocycles. The van der Waals surface area contributed by atoms with Crippen LogP contribution in [0.1, 0.15) is 30.9 Å². The summed E-state index contributed by atoms with van der Waals surface area (Å²) in [5.41, 5.74) is 2.05. The Bertz CT molecular complexity index is 548. The number of halogens is 1. The smallest absolute Gasteiger partial charge is 0.101 e. The molecule has 15 heavy (non-hydrogen) atoms. The van der Waals surface area contributed by atoms with Gasteiger partial charge in [0.1, 0.15) is 6.07 Å². The first-order valence-electron chi connectivity index (χ1n) is 4.75. The van der Waals surface area contributed by atoms with Crippen molar-refractivity contribution < 1.29 is 0 Å². The van der Waals surface area contributed by atoms with E-state index >= 15 is 0 Å². The van der Waals surface area contributed by atoms with E-state index in [9.17, 15) is 0 Å². The fourth-order valence-corrected chi connectivity index (χ4v) is 3.39. The van der Waals surface area contributed by atoms with Crippen LogP contribution >= 0.6 is 33.9 Å². The molecule has 1 nitrogen and oxygen atoms in total. The molecule has 1 aromatic heterocycles. The molecule has 0 saturated carbocycles. The van der Waals surface area contributed by atoms with Gasteiger partial charge in [0.2, 0.25) is 0 Å². The van der Waals surface area contributed by atoms with Gasteiger partial charge in [0, 0.05) is 0 Å². The lowest BCUT2D eigenvalue weighted by atomic mass is 9.99. The maximum Gasteiger partial charge on any atom is 0.101 e. The lowest BCUT2D eigenvalue weighted by Gasteiger charge is -2.05. The molecular weight excluding hydrogens is 317 g/mol. The summed E-state index contributed by atoms with van der Waals surface area (Å²) >= 11 is 3.99.